The van der Waals surface area contributed by atoms with E-state index in [1.807, 2.05) is 24.9 Å². The van der Waals surface area contributed by atoms with Gasteiger partial charge in [-0.05, 0) is 20.4 Å². The molecule has 0 saturated heterocycles. The molecule has 0 amide bonds. The fraction of sp³-hybridized carbons (Fsp3) is 0.727. The zero-order valence-corrected chi connectivity index (χ0v) is 10.3. The van der Waals surface area contributed by atoms with Gasteiger partial charge in [0, 0.05) is 32.5 Å². The van der Waals surface area contributed by atoms with Crippen molar-refractivity contribution in [3.05, 3.63) is 18.2 Å². The van der Waals surface area contributed by atoms with E-state index in [2.05, 4.69) is 9.88 Å². The van der Waals surface area contributed by atoms with Crippen molar-refractivity contribution in [1.82, 2.24) is 14.5 Å². The Morgan fingerprint density at radius 3 is 2.81 bits per heavy atom. The first kappa shape index (κ1) is 13.2. The van der Waals surface area contributed by atoms with E-state index >= 15 is 0 Å². The SMILES string of the molecule is CN(CCC(C)(O)CN)Cc1nccn1C. The van der Waals surface area contributed by atoms with Gasteiger partial charge in [0.15, 0.2) is 0 Å². The third-order valence-electron chi connectivity index (χ3n) is 2.80. The van der Waals surface area contributed by atoms with E-state index in [4.69, 9.17) is 5.73 Å². The molecule has 0 aliphatic carbocycles. The zero-order valence-electron chi connectivity index (χ0n) is 10.3. The Kier molecular flexibility index (Phi) is 4.46. The Morgan fingerprint density at radius 1 is 1.62 bits per heavy atom. The van der Waals surface area contributed by atoms with Crippen LogP contribution in [0, 0.1) is 0 Å². The number of hydrogen-bond donors (Lipinski definition) is 2. The Bertz CT molecular complexity index is 322. The molecule has 5 nitrogen and oxygen atoms in total. The van der Waals surface area contributed by atoms with E-state index in [1.54, 1.807) is 13.1 Å². The van der Waals surface area contributed by atoms with Crippen molar-refractivity contribution in [1.29, 1.82) is 0 Å². The van der Waals surface area contributed by atoms with Crippen LogP contribution in [0.3, 0.4) is 0 Å². The second-order valence-electron chi connectivity index (χ2n) is 4.64. The minimum absolute atomic E-state index is 0.295. The maximum atomic E-state index is 9.78. The summed E-state index contributed by atoms with van der Waals surface area (Å²) in [5.74, 6) is 1.02. The summed E-state index contributed by atoms with van der Waals surface area (Å²) in [6, 6.07) is 0. The van der Waals surface area contributed by atoms with Crippen LogP contribution in [-0.4, -0.2) is 45.3 Å². The van der Waals surface area contributed by atoms with Crippen molar-refractivity contribution < 1.29 is 5.11 Å². The predicted molar refractivity (Wildman–Crippen MR) is 63.8 cm³/mol. The Labute approximate surface area is 96.9 Å². The molecule has 92 valence electrons. The highest BCUT2D eigenvalue weighted by Crippen LogP contribution is 2.08. The van der Waals surface area contributed by atoms with E-state index in [0.29, 0.717) is 13.0 Å². The number of nitrogens with two attached hydrogens (primary N) is 1. The molecule has 0 aromatic carbocycles. The van der Waals surface area contributed by atoms with Gasteiger partial charge < -0.3 is 15.4 Å². The van der Waals surface area contributed by atoms with Crippen LogP contribution in [0.2, 0.25) is 0 Å². The van der Waals surface area contributed by atoms with Crippen LogP contribution >= 0.6 is 0 Å². The lowest BCUT2D eigenvalue weighted by Gasteiger charge is -2.24. The lowest BCUT2D eigenvalue weighted by Crippen LogP contribution is -2.37. The van der Waals surface area contributed by atoms with Crippen molar-refractivity contribution in [2.75, 3.05) is 20.1 Å². The van der Waals surface area contributed by atoms with Crippen molar-refractivity contribution >= 4 is 0 Å². The summed E-state index contributed by atoms with van der Waals surface area (Å²) in [7, 11) is 3.99. The molecule has 0 bridgehead atoms. The average Bonchev–Trinajstić information content (AvgIpc) is 2.62. The summed E-state index contributed by atoms with van der Waals surface area (Å²) in [5.41, 5.74) is 4.70. The van der Waals surface area contributed by atoms with Crippen molar-refractivity contribution in [3.8, 4) is 0 Å². The molecule has 0 spiro atoms. The molecule has 1 aromatic rings. The van der Waals surface area contributed by atoms with E-state index in [9.17, 15) is 5.11 Å². The fourth-order valence-corrected chi connectivity index (χ4v) is 1.40. The molecule has 1 aromatic heterocycles. The van der Waals surface area contributed by atoms with Gasteiger partial charge in [0.25, 0.3) is 0 Å². The molecule has 1 atom stereocenters. The molecular formula is C11H22N4O. The van der Waals surface area contributed by atoms with Gasteiger partial charge >= 0.3 is 0 Å². The molecule has 5 heteroatoms. The summed E-state index contributed by atoms with van der Waals surface area (Å²) in [4.78, 5) is 6.39. The number of imidazole rings is 1. The normalized spacial score (nSPS) is 15.4. The van der Waals surface area contributed by atoms with Gasteiger partial charge in [-0.25, -0.2) is 4.98 Å². The van der Waals surface area contributed by atoms with Crippen molar-refractivity contribution in [3.63, 3.8) is 0 Å². The molecule has 0 aliphatic rings. The monoisotopic (exact) mass is 226 g/mol. The standard InChI is InChI=1S/C11H22N4O/c1-11(16,9-12)4-6-14(2)8-10-13-5-7-15(10)3/h5,7,16H,4,6,8-9,12H2,1-3H3. The van der Waals surface area contributed by atoms with Gasteiger partial charge in [-0.1, -0.05) is 0 Å². The van der Waals surface area contributed by atoms with Crippen molar-refractivity contribution in [2.45, 2.75) is 25.5 Å². The number of rotatable bonds is 6. The van der Waals surface area contributed by atoms with Gasteiger partial charge in [0.2, 0.25) is 0 Å². The largest absolute Gasteiger partial charge is 0.389 e. The second kappa shape index (κ2) is 5.43. The molecule has 3 N–H and O–H groups in total. The van der Waals surface area contributed by atoms with Gasteiger partial charge in [0.05, 0.1) is 12.1 Å². The van der Waals surface area contributed by atoms with Crippen molar-refractivity contribution in [2.24, 2.45) is 12.8 Å². The summed E-state index contributed by atoms with van der Waals surface area (Å²) in [5, 5.41) is 9.78. The Morgan fingerprint density at radius 2 is 2.31 bits per heavy atom. The number of nitrogens with zero attached hydrogens (tertiary/aromatic N) is 3. The number of aliphatic hydroxyl groups is 1. The van der Waals surface area contributed by atoms with E-state index in [0.717, 1.165) is 18.9 Å². The third-order valence-corrected chi connectivity index (χ3v) is 2.80. The van der Waals surface area contributed by atoms with Gasteiger partial charge in [-0.2, -0.15) is 0 Å². The van der Waals surface area contributed by atoms with E-state index in [1.165, 1.54) is 0 Å². The highest BCUT2D eigenvalue weighted by Gasteiger charge is 2.18. The Balaban J connectivity index is 2.37. The topological polar surface area (TPSA) is 67.3 Å². The van der Waals surface area contributed by atoms with Crippen LogP contribution in [-0.2, 0) is 13.6 Å². The molecule has 0 fully saturated rings. The maximum absolute atomic E-state index is 9.78. The first-order valence-electron chi connectivity index (χ1n) is 5.52. The number of aryl methyl sites for hydroxylation is 1. The maximum Gasteiger partial charge on any atom is 0.122 e. The molecule has 1 heterocycles. The second-order valence-corrected chi connectivity index (χ2v) is 4.64. The molecule has 1 rings (SSSR count). The number of hydrogen-bond acceptors (Lipinski definition) is 4. The van der Waals surface area contributed by atoms with Gasteiger partial charge in [-0.3, -0.25) is 4.90 Å². The van der Waals surface area contributed by atoms with Crippen LogP contribution in [0.1, 0.15) is 19.2 Å². The lowest BCUT2D eigenvalue weighted by atomic mass is 10.0. The minimum atomic E-state index is -0.768. The highest BCUT2D eigenvalue weighted by atomic mass is 16.3. The first-order chi connectivity index (χ1) is 7.44. The average molecular weight is 226 g/mol. The first-order valence-corrected chi connectivity index (χ1v) is 5.52. The molecule has 0 aliphatic heterocycles. The smallest absolute Gasteiger partial charge is 0.122 e. The molecule has 0 radical (unpaired) electrons. The zero-order chi connectivity index (χ0) is 12.2. The summed E-state index contributed by atoms with van der Waals surface area (Å²) in [6.07, 6.45) is 4.39. The Hall–Kier alpha value is -0.910. The van der Waals surface area contributed by atoms with Gasteiger partial charge in [-0.15, -0.1) is 0 Å². The molecule has 16 heavy (non-hydrogen) atoms. The van der Waals surface area contributed by atoms with E-state index in [-0.39, 0.29) is 0 Å². The number of aromatic nitrogens is 2. The molecule has 0 saturated carbocycles. The fourth-order valence-electron chi connectivity index (χ4n) is 1.40. The molecular weight excluding hydrogens is 204 g/mol. The highest BCUT2D eigenvalue weighted by molar-refractivity contribution is 4.90. The summed E-state index contributed by atoms with van der Waals surface area (Å²) < 4.78 is 2.00. The molecule has 1 unspecified atom stereocenters. The lowest BCUT2D eigenvalue weighted by molar-refractivity contribution is 0.0494. The minimum Gasteiger partial charge on any atom is -0.389 e. The van der Waals surface area contributed by atoms with Crippen LogP contribution in [0.25, 0.3) is 0 Å². The van der Waals surface area contributed by atoms with E-state index < -0.39 is 5.60 Å². The summed E-state index contributed by atoms with van der Waals surface area (Å²) in [6.45, 7) is 3.64. The quantitative estimate of drug-likeness (QED) is 0.714. The third kappa shape index (κ3) is 3.92. The van der Waals surface area contributed by atoms with Crippen LogP contribution in [0.15, 0.2) is 12.4 Å². The van der Waals surface area contributed by atoms with Crippen LogP contribution in [0.4, 0.5) is 0 Å². The predicted octanol–water partition coefficient (Wildman–Crippen LogP) is -0.0483. The van der Waals surface area contributed by atoms with Crippen LogP contribution in [0.5, 0.6) is 0 Å². The van der Waals surface area contributed by atoms with Crippen LogP contribution < -0.4 is 5.73 Å². The van der Waals surface area contributed by atoms with Gasteiger partial charge in [0.1, 0.15) is 5.82 Å². The summed E-state index contributed by atoms with van der Waals surface area (Å²) >= 11 is 0.